The summed E-state index contributed by atoms with van der Waals surface area (Å²) in [7, 11) is 0. The van der Waals surface area contributed by atoms with Gasteiger partial charge >= 0.3 is 0 Å². The van der Waals surface area contributed by atoms with Gasteiger partial charge in [-0.2, -0.15) is 0 Å². The lowest BCUT2D eigenvalue weighted by molar-refractivity contribution is 0.274. The molecule has 4 N–H and O–H groups in total. The maximum atomic E-state index is 6.27. The molecule has 1 atom stereocenters. The zero-order valence-corrected chi connectivity index (χ0v) is 19.2. The Morgan fingerprint density at radius 3 is 2.47 bits per heavy atom. The van der Waals surface area contributed by atoms with Gasteiger partial charge in [-0.1, -0.05) is 41.4 Å². The molecule has 1 aromatic heterocycles. The standard InChI is InChI=1S/C23H25ClN4.2ClH/c1-15-4-10-20-19(13-15)22(17-3-2-12-23(25,26)14-17)28-21(27-20)11-7-16-5-8-18(24)9-6-16;;/h4-11,13,17H,2-3,12,14,25-26H2,1H3;2*1H. The van der Waals surface area contributed by atoms with Crippen molar-refractivity contribution in [3.8, 4) is 0 Å². The van der Waals surface area contributed by atoms with Crippen LogP contribution in [0.1, 0.15) is 54.2 Å². The van der Waals surface area contributed by atoms with E-state index in [-0.39, 0.29) is 30.7 Å². The zero-order valence-electron chi connectivity index (χ0n) is 16.8. The number of nitrogens with two attached hydrogens (primary N) is 2. The van der Waals surface area contributed by atoms with Gasteiger partial charge in [0, 0.05) is 16.3 Å². The maximum Gasteiger partial charge on any atom is 0.152 e. The molecule has 1 saturated carbocycles. The van der Waals surface area contributed by atoms with E-state index in [0.717, 1.165) is 52.9 Å². The largest absolute Gasteiger partial charge is 0.313 e. The number of hydrogen-bond donors (Lipinski definition) is 2. The number of halogens is 3. The van der Waals surface area contributed by atoms with Crippen LogP contribution in [0.5, 0.6) is 0 Å². The zero-order chi connectivity index (χ0) is 19.7. The van der Waals surface area contributed by atoms with Crippen molar-refractivity contribution in [2.24, 2.45) is 11.5 Å². The molecule has 0 spiro atoms. The summed E-state index contributed by atoms with van der Waals surface area (Å²) in [4.78, 5) is 9.68. The van der Waals surface area contributed by atoms with E-state index in [1.165, 1.54) is 5.56 Å². The van der Waals surface area contributed by atoms with E-state index >= 15 is 0 Å². The first-order chi connectivity index (χ1) is 13.4. The maximum absolute atomic E-state index is 6.27. The molecule has 0 bridgehead atoms. The molecule has 1 heterocycles. The number of rotatable bonds is 3. The van der Waals surface area contributed by atoms with Crippen LogP contribution < -0.4 is 11.5 Å². The van der Waals surface area contributed by atoms with Crippen LogP contribution in [-0.4, -0.2) is 15.6 Å². The van der Waals surface area contributed by atoms with Gasteiger partial charge in [-0.25, -0.2) is 9.97 Å². The minimum atomic E-state index is -0.622. The Hall–Kier alpha value is -1.69. The third-order valence-corrected chi connectivity index (χ3v) is 5.65. The third kappa shape index (κ3) is 5.71. The number of hydrogen-bond acceptors (Lipinski definition) is 4. The van der Waals surface area contributed by atoms with Crippen molar-refractivity contribution in [1.82, 2.24) is 9.97 Å². The molecule has 7 heteroatoms. The van der Waals surface area contributed by atoms with E-state index in [1.54, 1.807) is 0 Å². The van der Waals surface area contributed by atoms with E-state index in [9.17, 15) is 0 Å². The topological polar surface area (TPSA) is 77.8 Å². The van der Waals surface area contributed by atoms with Gasteiger partial charge in [0.2, 0.25) is 0 Å². The lowest BCUT2D eigenvalue weighted by Gasteiger charge is -2.34. The molecular formula is C23H27Cl3N4. The molecule has 160 valence electrons. The quantitative estimate of drug-likeness (QED) is 0.474. The fourth-order valence-corrected chi connectivity index (χ4v) is 4.11. The van der Waals surface area contributed by atoms with Crippen LogP contribution in [0.2, 0.25) is 5.02 Å². The van der Waals surface area contributed by atoms with Crippen LogP contribution >= 0.6 is 36.4 Å². The summed E-state index contributed by atoms with van der Waals surface area (Å²) in [5.74, 6) is 0.949. The van der Waals surface area contributed by atoms with Crippen LogP contribution in [0.15, 0.2) is 42.5 Å². The lowest BCUT2D eigenvalue weighted by Crippen LogP contribution is -2.52. The van der Waals surface area contributed by atoms with E-state index in [2.05, 4.69) is 25.1 Å². The van der Waals surface area contributed by atoms with Crippen LogP contribution in [0, 0.1) is 6.92 Å². The van der Waals surface area contributed by atoms with Crippen LogP contribution in [0.25, 0.3) is 23.1 Å². The summed E-state index contributed by atoms with van der Waals surface area (Å²) in [6, 6.07) is 14.0. The van der Waals surface area contributed by atoms with Crippen LogP contribution in [0.4, 0.5) is 0 Å². The summed E-state index contributed by atoms with van der Waals surface area (Å²) in [5.41, 5.74) is 16.2. The van der Waals surface area contributed by atoms with E-state index < -0.39 is 5.66 Å². The number of fused-ring (bicyclic) bond motifs is 1. The van der Waals surface area contributed by atoms with Crippen LogP contribution in [0.3, 0.4) is 0 Å². The van der Waals surface area contributed by atoms with Gasteiger partial charge in [-0.15, -0.1) is 24.8 Å². The summed E-state index contributed by atoms with van der Waals surface area (Å²) in [6.45, 7) is 2.09. The molecule has 1 unspecified atom stereocenters. The van der Waals surface area contributed by atoms with Gasteiger partial charge in [0.1, 0.15) is 0 Å². The Morgan fingerprint density at radius 2 is 1.77 bits per heavy atom. The number of nitrogens with zero attached hydrogens (tertiary/aromatic N) is 2. The van der Waals surface area contributed by atoms with Crippen molar-refractivity contribution in [2.45, 2.75) is 44.2 Å². The first kappa shape index (κ1) is 24.6. The summed E-state index contributed by atoms with van der Waals surface area (Å²) in [5, 5.41) is 1.83. The normalized spacial score (nSPS) is 18.1. The Balaban J connectivity index is 0.00000160. The summed E-state index contributed by atoms with van der Waals surface area (Å²) < 4.78 is 0. The van der Waals surface area contributed by atoms with Gasteiger partial charge < -0.3 is 11.5 Å². The molecule has 1 aliphatic carbocycles. The Bertz CT molecular complexity index is 1030. The van der Waals surface area contributed by atoms with Gasteiger partial charge in [-0.05, 0) is 68.5 Å². The highest BCUT2D eigenvalue weighted by atomic mass is 35.5. The molecule has 4 rings (SSSR count). The van der Waals surface area contributed by atoms with Crippen molar-refractivity contribution < 1.29 is 0 Å². The SMILES string of the molecule is Cc1ccc2nc(C=Cc3ccc(Cl)cc3)nc(C3CCCC(N)(N)C3)c2c1.Cl.Cl. The highest BCUT2D eigenvalue weighted by Crippen LogP contribution is 2.37. The molecule has 0 aliphatic heterocycles. The van der Waals surface area contributed by atoms with Gasteiger partial charge in [0.05, 0.1) is 16.9 Å². The molecule has 0 amide bonds. The van der Waals surface area contributed by atoms with E-state index in [4.69, 9.17) is 33.0 Å². The smallest absolute Gasteiger partial charge is 0.152 e. The molecule has 2 aromatic carbocycles. The van der Waals surface area contributed by atoms with E-state index in [0.29, 0.717) is 5.82 Å². The molecule has 1 aliphatic rings. The molecule has 1 fully saturated rings. The average molecular weight is 466 g/mol. The predicted octanol–water partition coefficient (Wildman–Crippen LogP) is 5.88. The van der Waals surface area contributed by atoms with Crippen molar-refractivity contribution in [1.29, 1.82) is 0 Å². The van der Waals surface area contributed by atoms with Crippen molar-refractivity contribution in [3.05, 3.63) is 70.1 Å². The second-order valence-corrected chi connectivity index (χ2v) is 8.34. The van der Waals surface area contributed by atoms with Gasteiger partial charge in [0.15, 0.2) is 5.82 Å². The average Bonchev–Trinajstić information content (AvgIpc) is 2.66. The van der Waals surface area contributed by atoms with Gasteiger partial charge in [0.25, 0.3) is 0 Å². The highest BCUT2D eigenvalue weighted by Gasteiger charge is 2.31. The van der Waals surface area contributed by atoms with Crippen molar-refractivity contribution >= 4 is 59.5 Å². The first-order valence-electron chi connectivity index (χ1n) is 9.69. The molecule has 0 saturated heterocycles. The Morgan fingerprint density at radius 1 is 1.03 bits per heavy atom. The monoisotopic (exact) mass is 464 g/mol. The third-order valence-electron chi connectivity index (χ3n) is 5.40. The molecule has 4 nitrogen and oxygen atoms in total. The second kappa shape index (κ2) is 10.1. The highest BCUT2D eigenvalue weighted by molar-refractivity contribution is 6.30. The predicted molar refractivity (Wildman–Crippen MR) is 131 cm³/mol. The van der Waals surface area contributed by atoms with E-state index in [1.807, 2.05) is 36.4 Å². The number of aromatic nitrogens is 2. The fourth-order valence-electron chi connectivity index (χ4n) is 3.99. The molecule has 3 aromatic rings. The minimum Gasteiger partial charge on any atom is -0.313 e. The van der Waals surface area contributed by atoms with Crippen molar-refractivity contribution in [2.75, 3.05) is 0 Å². The van der Waals surface area contributed by atoms with Gasteiger partial charge in [-0.3, -0.25) is 0 Å². The summed E-state index contributed by atoms with van der Waals surface area (Å²) >= 11 is 5.97. The molecular weight excluding hydrogens is 439 g/mol. The Labute approximate surface area is 194 Å². The Kier molecular flexibility index (Phi) is 8.26. The minimum absolute atomic E-state index is 0. The molecule has 30 heavy (non-hydrogen) atoms. The first-order valence-corrected chi connectivity index (χ1v) is 10.1. The lowest BCUT2D eigenvalue weighted by atomic mass is 9.79. The number of aryl methyl sites for hydroxylation is 1. The fraction of sp³-hybridized carbons (Fsp3) is 0.304. The number of benzene rings is 2. The van der Waals surface area contributed by atoms with Crippen molar-refractivity contribution in [3.63, 3.8) is 0 Å². The second-order valence-electron chi connectivity index (χ2n) is 7.90. The van der Waals surface area contributed by atoms with Crippen LogP contribution in [-0.2, 0) is 0 Å². The molecule has 0 radical (unpaired) electrons. The summed E-state index contributed by atoms with van der Waals surface area (Å²) in [6.07, 6.45) is 7.63.